The van der Waals surface area contributed by atoms with Gasteiger partial charge in [-0.25, -0.2) is 0 Å². The maximum atomic E-state index is 10.1. The van der Waals surface area contributed by atoms with Gasteiger partial charge in [0.1, 0.15) is 31.4 Å². The lowest BCUT2D eigenvalue weighted by molar-refractivity contribution is -0.676. The number of quaternary nitrogens is 1. The molecule has 1 heterocycles. The van der Waals surface area contributed by atoms with Crippen molar-refractivity contribution in [2.75, 3.05) is 13.2 Å². The summed E-state index contributed by atoms with van der Waals surface area (Å²) >= 11 is 0. The number of hydrogen-bond acceptors (Lipinski definition) is 3. The summed E-state index contributed by atoms with van der Waals surface area (Å²) in [5, 5.41) is 12.2. The number of aliphatic hydroxyl groups excluding tert-OH is 1. The van der Waals surface area contributed by atoms with Crippen molar-refractivity contribution in [2.45, 2.75) is 38.5 Å². The molecule has 1 atom stereocenters. The molecule has 2 aromatic rings. The Labute approximate surface area is 143 Å². The Morgan fingerprint density at radius 3 is 2.75 bits per heavy atom. The van der Waals surface area contributed by atoms with Crippen LogP contribution in [0.15, 0.2) is 48.5 Å². The van der Waals surface area contributed by atoms with Crippen LogP contribution in [-0.2, 0) is 13.0 Å². The minimum atomic E-state index is -0.515. The molecule has 0 amide bonds. The van der Waals surface area contributed by atoms with Crippen LogP contribution in [-0.4, -0.2) is 30.0 Å². The fourth-order valence-electron chi connectivity index (χ4n) is 3.01. The zero-order valence-electron chi connectivity index (χ0n) is 14.4. The number of ether oxygens (including phenoxy) is 2. The van der Waals surface area contributed by atoms with Crippen LogP contribution in [0.2, 0.25) is 0 Å². The smallest absolute Gasteiger partial charge is 0.165 e. The highest BCUT2D eigenvalue weighted by molar-refractivity contribution is 5.50. The molecule has 4 heteroatoms. The molecular weight excluding hydrogens is 302 g/mol. The van der Waals surface area contributed by atoms with Crippen LogP contribution in [0, 0.1) is 0 Å². The van der Waals surface area contributed by atoms with Gasteiger partial charge in [0.2, 0.25) is 0 Å². The molecule has 0 bridgehead atoms. The number of aliphatic hydroxyl groups is 1. The van der Waals surface area contributed by atoms with Gasteiger partial charge in [-0.05, 0) is 19.9 Å². The molecule has 0 fully saturated rings. The van der Waals surface area contributed by atoms with Crippen molar-refractivity contribution in [3.05, 3.63) is 59.7 Å². The quantitative estimate of drug-likeness (QED) is 0.816. The molecule has 128 valence electrons. The number of hydrogen-bond donors (Lipinski definition) is 2. The van der Waals surface area contributed by atoms with Crippen LogP contribution in [0.1, 0.15) is 25.0 Å². The lowest BCUT2D eigenvalue weighted by Gasteiger charge is -2.18. The van der Waals surface area contributed by atoms with E-state index in [1.165, 1.54) is 11.1 Å². The maximum Gasteiger partial charge on any atom is 0.165 e. The third-order valence-corrected chi connectivity index (χ3v) is 4.15. The Bertz CT molecular complexity index is 670. The fraction of sp³-hybridized carbons (Fsp3) is 0.400. The first-order valence-corrected chi connectivity index (χ1v) is 8.51. The van der Waals surface area contributed by atoms with E-state index >= 15 is 0 Å². The lowest BCUT2D eigenvalue weighted by atomic mass is 10.0. The van der Waals surface area contributed by atoms with Gasteiger partial charge in [-0.3, -0.25) is 0 Å². The van der Waals surface area contributed by atoms with Gasteiger partial charge >= 0.3 is 0 Å². The first kappa shape index (κ1) is 16.8. The highest BCUT2D eigenvalue weighted by Crippen LogP contribution is 2.41. The molecule has 3 N–H and O–H groups in total. The first-order valence-electron chi connectivity index (χ1n) is 8.51. The largest absolute Gasteiger partial charge is 0.487 e. The van der Waals surface area contributed by atoms with Gasteiger partial charge in [-0.2, -0.15) is 0 Å². The zero-order valence-corrected chi connectivity index (χ0v) is 14.4. The lowest BCUT2D eigenvalue weighted by Crippen LogP contribution is -2.85. The standard InChI is InChI=1S/C20H25NO3/c1-20(2)11-16-9-6-10-18(19(16)24-20)23-14-17(22)13-21-12-15-7-4-3-5-8-15/h3-10,17,21-22H,11-14H2,1-2H3/p+1/t17-/m0/s1. The Hall–Kier alpha value is -2.04. The molecule has 2 aromatic carbocycles. The summed E-state index contributed by atoms with van der Waals surface area (Å²) in [4.78, 5) is 0. The van der Waals surface area contributed by atoms with E-state index in [-0.39, 0.29) is 12.2 Å². The van der Waals surface area contributed by atoms with Crippen molar-refractivity contribution in [3.63, 3.8) is 0 Å². The zero-order chi connectivity index (χ0) is 17.0. The van der Waals surface area contributed by atoms with E-state index in [0.29, 0.717) is 6.54 Å². The molecule has 3 rings (SSSR count). The number of benzene rings is 2. The molecule has 0 saturated heterocycles. The third-order valence-electron chi connectivity index (χ3n) is 4.15. The second-order valence-corrected chi connectivity index (χ2v) is 6.96. The van der Waals surface area contributed by atoms with Crippen molar-refractivity contribution < 1.29 is 19.9 Å². The van der Waals surface area contributed by atoms with E-state index in [4.69, 9.17) is 9.47 Å². The number of para-hydroxylation sites is 1. The Morgan fingerprint density at radius 1 is 1.17 bits per heavy atom. The van der Waals surface area contributed by atoms with E-state index in [9.17, 15) is 5.11 Å². The molecule has 0 unspecified atom stereocenters. The average Bonchev–Trinajstić information content (AvgIpc) is 2.88. The molecule has 24 heavy (non-hydrogen) atoms. The second kappa shape index (κ2) is 7.24. The highest BCUT2D eigenvalue weighted by atomic mass is 16.5. The topological polar surface area (TPSA) is 55.3 Å². The van der Waals surface area contributed by atoms with Crippen LogP contribution in [0.5, 0.6) is 11.5 Å². The Balaban J connectivity index is 1.47. The van der Waals surface area contributed by atoms with Crippen molar-refractivity contribution in [1.29, 1.82) is 0 Å². The van der Waals surface area contributed by atoms with Gasteiger partial charge in [-0.15, -0.1) is 0 Å². The Kier molecular flexibility index (Phi) is 5.07. The van der Waals surface area contributed by atoms with Crippen molar-refractivity contribution in [1.82, 2.24) is 0 Å². The van der Waals surface area contributed by atoms with Crippen LogP contribution in [0.25, 0.3) is 0 Å². The van der Waals surface area contributed by atoms with E-state index < -0.39 is 6.10 Å². The summed E-state index contributed by atoms with van der Waals surface area (Å²) in [7, 11) is 0. The predicted octanol–water partition coefficient (Wildman–Crippen LogP) is 1.90. The molecular formula is C20H26NO3+. The number of rotatable bonds is 7. The van der Waals surface area contributed by atoms with Crippen LogP contribution in [0.3, 0.4) is 0 Å². The van der Waals surface area contributed by atoms with Crippen molar-refractivity contribution in [2.24, 2.45) is 0 Å². The fourth-order valence-corrected chi connectivity index (χ4v) is 3.01. The minimum Gasteiger partial charge on any atom is -0.487 e. The second-order valence-electron chi connectivity index (χ2n) is 6.96. The summed E-state index contributed by atoms with van der Waals surface area (Å²) in [6.45, 7) is 5.88. The van der Waals surface area contributed by atoms with E-state index in [2.05, 4.69) is 37.4 Å². The van der Waals surface area contributed by atoms with E-state index in [1.54, 1.807) is 0 Å². The normalized spacial score (nSPS) is 16.3. The Morgan fingerprint density at radius 2 is 1.96 bits per heavy atom. The maximum absolute atomic E-state index is 10.1. The molecule has 0 aromatic heterocycles. The molecule has 1 aliphatic rings. The molecule has 0 saturated carbocycles. The highest BCUT2D eigenvalue weighted by Gasteiger charge is 2.32. The van der Waals surface area contributed by atoms with Crippen molar-refractivity contribution in [3.8, 4) is 11.5 Å². The van der Waals surface area contributed by atoms with E-state index in [1.807, 2.05) is 30.3 Å². The SMILES string of the molecule is CC1(C)Cc2cccc(OC[C@@H](O)C[NH2+]Cc3ccccc3)c2O1. The molecule has 1 aliphatic heterocycles. The van der Waals surface area contributed by atoms with Crippen LogP contribution in [0.4, 0.5) is 0 Å². The molecule has 0 spiro atoms. The third kappa shape index (κ3) is 4.28. The average molecular weight is 328 g/mol. The summed E-state index contributed by atoms with van der Waals surface area (Å²) in [5.41, 5.74) is 2.23. The van der Waals surface area contributed by atoms with Gasteiger partial charge in [0.25, 0.3) is 0 Å². The monoisotopic (exact) mass is 328 g/mol. The van der Waals surface area contributed by atoms with Crippen LogP contribution < -0.4 is 14.8 Å². The molecule has 0 aliphatic carbocycles. The van der Waals surface area contributed by atoms with Gasteiger partial charge < -0.3 is 19.9 Å². The van der Waals surface area contributed by atoms with Crippen LogP contribution >= 0.6 is 0 Å². The number of nitrogens with two attached hydrogens (primary N) is 1. The minimum absolute atomic E-state index is 0.191. The van der Waals surface area contributed by atoms with Gasteiger partial charge in [0.05, 0.1) is 0 Å². The van der Waals surface area contributed by atoms with E-state index in [0.717, 1.165) is 24.5 Å². The summed E-state index contributed by atoms with van der Waals surface area (Å²) in [5.74, 6) is 1.54. The van der Waals surface area contributed by atoms with Gasteiger partial charge in [0.15, 0.2) is 11.5 Å². The first-order chi connectivity index (χ1) is 11.5. The predicted molar refractivity (Wildman–Crippen MR) is 93.3 cm³/mol. The summed E-state index contributed by atoms with van der Waals surface area (Å²) in [6, 6.07) is 16.2. The summed E-state index contributed by atoms with van der Waals surface area (Å²) in [6.07, 6.45) is 0.367. The van der Waals surface area contributed by atoms with Gasteiger partial charge in [-0.1, -0.05) is 42.5 Å². The van der Waals surface area contributed by atoms with Crippen molar-refractivity contribution >= 4 is 0 Å². The molecule has 0 radical (unpaired) electrons. The summed E-state index contributed by atoms with van der Waals surface area (Å²) < 4.78 is 11.8. The molecule has 4 nitrogen and oxygen atoms in total. The van der Waals surface area contributed by atoms with Gasteiger partial charge in [0, 0.05) is 17.5 Å². The number of fused-ring (bicyclic) bond motifs is 1.